The molecule has 0 spiro atoms. The van der Waals surface area contributed by atoms with Crippen molar-refractivity contribution >= 4 is 5.97 Å². The third-order valence-corrected chi connectivity index (χ3v) is 2.68. The van der Waals surface area contributed by atoms with Crippen molar-refractivity contribution in [1.82, 2.24) is 5.32 Å². The zero-order valence-electron chi connectivity index (χ0n) is 8.82. The van der Waals surface area contributed by atoms with Crippen LogP contribution < -0.4 is 5.32 Å². The van der Waals surface area contributed by atoms with Gasteiger partial charge in [0, 0.05) is 6.04 Å². The molecule has 2 N–H and O–H groups in total. The van der Waals surface area contributed by atoms with E-state index >= 15 is 0 Å². The van der Waals surface area contributed by atoms with Crippen LogP contribution in [0, 0.1) is 5.92 Å². The largest absolute Gasteiger partial charge is 0.466 e. The van der Waals surface area contributed by atoms with Crippen molar-refractivity contribution in [3.05, 3.63) is 0 Å². The highest BCUT2D eigenvalue weighted by Crippen LogP contribution is 2.16. The van der Waals surface area contributed by atoms with Gasteiger partial charge in [-0.3, -0.25) is 4.79 Å². The second kappa shape index (κ2) is 5.32. The second-order valence-corrected chi connectivity index (χ2v) is 3.73. The number of aliphatic hydroxyl groups excluding tert-OH is 1. The number of aliphatic hydroxyl groups is 1. The molecular formula is C10H19NO3. The average Bonchev–Trinajstić information content (AvgIpc) is 2.68. The van der Waals surface area contributed by atoms with Crippen LogP contribution in [-0.2, 0) is 9.53 Å². The first-order chi connectivity index (χ1) is 6.66. The summed E-state index contributed by atoms with van der Waals surface area (Å²) < 4.78 is 4.86. The van der Waals surface area contributed by atoms with Gasteiger partial charge in [-0.15, -0.1) is 0 Å². The molecule has 0 amide bonds. The van der Waals surface area contributed by atoms with E-state index in [0.717, 1.165) is 19.4 Å². The lowest BCUT2D eigenvalue weighted by Crippen LogP contribution is -2.42. The summed E-state index contributed by atoms with van der Waals surface area (Å²) in [6, 6.07) is 0.0504. The minimum Gasteiger partial charge on any atom is -0.466 e. The van der Waals surface area contributed by atoms with Crippen molar-refractivity contribution in [2.24, 2.45) is 5.92 Å². The molecule has 0 bridgehead atoms. The molecule has 1 aliphatic rings. The van der Waals surface area contributed by atoms with Gasteiger partial charge >= 0.3 is 5.97 Å². The predicted octanol–water partition coefficient (Wildman–Crippen LogP) is 0.299. The highest BCUT2D eigenvalue weighted by Gasteiger charge is 2.31. The minimum atomic E-state index is -0.628. The molecule has 0 aromatic carbocycles. The lowest BCUT2D eigenvalue weighted by atomic mass is 9.97. The first-order valence-corrected chi connectivity index (χ1v) is 5.25. The zero-order chi connectivity index (χ0) is 10.6. The van der Waals surface area contributed by atoms with Crippen molar-refractivity contribution in [3.8, 4) is 0 Å². The van der Waals surface area contributed by atoms with Crippen LogP contribution in [0.15, 0.2) is 0 Å². The molecule has 1 saturated heterocycles. The van der Waals surface area contributed by atoms with Gasteiger partial charge in [0.15, 0.2) is 0 Å². The molecule has 82 valence electrons. The third kappa shape index (κ3) is 2.69. The molecule has 14 heavy (non-hydrogen) atoms. The Morgan fingerprint density at radius 1 is 1.71 bits per heavy atom. The zero-order valence-corrected chi connectivity index (χ0v) is 8.82. The van der Waals surface area contributed by atoms with Gasteiger partial charge in [-0.2, -0.15) is 0 Å². The summed E-state index contributed by atoms with van der Waals surface area (Å²) in [5.74, 6) is -0.751. The summed E-state index contributed by atoms with van der Waals surface area (Å²) in [5, 5.41) is 13.0. The van der Waals surface area contributed by atoms with E-state index in [1.807, 2.05) is 0 Å². The van der Waals surface area contributed by atoms with Crippen molar-refractivity contribution in [1.29, 1.82) is 0 Å². The van der Waals surface area contributed by atoms with Crippen molar-refractivity contribution in [2.75, 3.05) is 13.2 Å². The number of hydrogen-bond acceptors (Lipinski definition) is 4. The van der Waals surface area contributed by atoms with Crippen LogP contribution in [0.25, 0.3) is 0 Å². The highest BCUT2D eigenvalue weighted by atomic mass is 16.5. The molecule has 0 aliphatic carbocycles. The molecule has 3 atom stereocenters. The van der Waals surface area contributed by atoms with Gasteiger partial charge in [-0.1, -0.05) is 0 Å². The molecule has 1 heterocycles. The quantitative estimate of drug-likeness (QED) is 0.642. The van der Waals surface area contributed by atoms with Gasteiger partial charge < -0.3 is 15.2 Å². The van der Waals surface area contributed by atoms with E-state index in [1.165, 1.54) is 0 Å². The Hall–Kier alpha value is -0.610. The molecule has 1 fully saturated rings. The predicted molar refractivity (Wildman–Crippen MR) is 52.8 cm³/mol. The fraction of sp³-hybridized carbons (Fsp3) is 0.900. The number of nitrogens with one attached hydrogen (secondary N) is 1. The lowest BCUT2D eigenvalue weighted by Gasteiger charge is -2.23. The normalized spacial score (nSPS) is 25.8. The fourth-order valence-corrected chi connectivity index (χ4v) is 1.76. The summed E-state index contributed by atoms with van der Waals surface area (Å²) in [5.41, 5.74) is 0. The van der Waals surface area contributed by atoms with Crippen LogP contribution >= 0.6 is 0 Å². The molecule has 4 nitrogen and oxygen atoms in total. The van der Waals surface area contributed by atoms with E-state index in [4.69, 9.17) is 4.74 Å². The smallest absolute Gasteiger partial charge is 0.311 e. The van der Waals surface area contributed by atoms with Gasteiger partial charge in [-0.25, -0.2) is 0 Å². The maximum absolute atomic E-state index is 11.3. The average molecular weight is 201 g/mol. The highest BCUT2D eigenvalue weighted by molar-refractivity contribution is 5.72. The number of carbonyl (C=O) groups is 1. The van der Waals surface area contributed by atoms with Crippen LogP contribution in [-0.4, -0.2) is 36.4 Å². The molecule has 0 unspecified atom stereocenters. The van der Waals surface area contributed by atoms with Crippen LogP contribution in [0.2, 0.25) is 0 Å². The topological polar surface area (TPSA) is 58.6 Å². The van der Waals surface area contributed by atoms with Gasteiger partial charge in [-0.05, 0) is 33.2 Å². The van der Waals surface area contributed by atoms with E-state index in [2.05, 4.69) is 5.32 Å². The van der Waals surface area contributed by atoms with Crippen LogP contribution in [0.4, 0.5) is 0 Å². The van der Waals surface area contributed by atoms with Gasteiger partial charge in [0.1, 0.15) is 0 Å². The van der Waals surface area contributed by atoms with Crippen LogP contribution in [0.1, 0.15) is 26.7 Å². The van der Waals surface area contributed by atoms with Gasteiger partial charge in [0.2, 0.25) is 0 Å². The van der Waals surface area contributed by atoms with Crippen molar-refractivity contribution in [2.45, 2.75) is 38.8 Å². The first kappa shape index (κ1) is 11.5. The molecule has 1 rings (SSSR count). The Labute approximate surface area is 84.6 Å². The molecule has 0 aromatic heterocycles. The summed E-state index contributed by atoms with van der Waals surface area (Å²) >= 11 is 0. The Morgan fingerprint density at radius 3 is 2.93 bits per heavy atom. The summed E-state index contributed by atoms with van der Waals surface area (Å²) in [4.78, 5) is 11.3. The van der Waals surface area contributed by atoms with E-state index < -0.39 is 12.0 Å². The van der Waals surface area contributed by atoms with E-state index in [1.54, 1.807) is 13.8 Å². The van der Waals surface area contributed by atoms with Gasteiger partial charge in [0.05, 0.1) is 18.6 Å². The molecular weight excluding hydrogens is 182 g/mol. The van der Waals surface area contributed by atoms with E-state index in [0.29, 0.717) is 6.61 Å². The number of carbonyl (C=O) groups excluding carboxylic acids is 1. The maximum atomic E-state index is 11.3. The third-order valence-electron chi connectivity index (χ3n) is 2.68. The number of ether oxygens (including phenoxy) is 1. The van der Waals surface area contributed by atoms with Crippen molar-refractivity contribution in [3.63, 3.8) is 0 Å². The standard InChI is InChI=1S/C10H19NO3/c1-3-14-10(13)7(2)9(12)8-5-4-6-11-8/h7-9,11-12H,3-6H2,1-2H3/t7-,8+,9+/m1/s1. The number of esters is 1. The summed E-state index contributed by atoms with van der Waals surface area (Å²) in [6.45, 7) is 4.78. The molecule has 0 saturated carbocycles. The summed E-state index contributed by atoms with van der Waals surface area (Å²) in [6.07, 6.45) is 1.37. The molecule has 4 heteroatoms. The lowest BCUT2D eigenvalue weighted by molar-refractivity contribution is -0.151. The Bertz CT molecular complexity index is 190. The molecule has 0 aromatic rings. The first-order valence-electron chi connectivity index (χ1n) is 5.25. The maximum Gasteiger partial charge on any atom is 0.311 e. The van der Waals surface area contributed by atoms with E-state index in [9.17, 15) is 9.90 Å². The monoisotopic (exact) mass is 201 g/mol. The summed E-state index contributed by atoms with van der Waals surface area (Å²) in [7, 11) is 0. The molecule has 0 radical (unpaired) electrons. The SMILES string of the molecule is CCOC(=O)[C@H](C)[C@H](O)[C@@H]1CCCN1. The second-order valence-electron chi connectivity index (χ2n) is 3.73. The number of hydrogen-bond donors (Lipinski definition) is 2. The van der Waals surface area contributed by atoms with Gasteiger partial charge in [0.25, 0.3) is 0 Å². The Kier molecular flexibility index (Phi) is 4.35. The van der Waals surface area contributed by atoms with Crippen LogP contribution in [0.5, 0.6) is 0 Å². The van der Waals surface area contributed by atoms with Crippen LogP contribution in [0.3, 0.4) is 0 Å². The molecule has 1 aliphatic heterocycles. The fourth-order valence-electron chi connectivity index (χ4n) is 1.76. The minimum absolute atomic E-state index is 0.0504. The Morgan fingerprint density at radius 2 is 2.43 bits per heavy atom. The van der Waals surface area contributed by atoms with E-state index in [-0.39, 0.29) is 12.0 Å². The number of rotatable bonds is 4. The Balaban J connectivity index is 2.41. The van der Waals surface area contributed by atoms with Crippen molar-refractivity contribution < 1.29 is 14.6 Å².